The van der Waals surface area contributed by atoms with E-state index in [1.165, 1.54) is 12.1 Å². The Balaban J connectivity index is 4.17. The van der Waals surface area contributed by atoms with Gasteiger partial charge < -0.3 is 8.85 Å². The van der Waals surface area contributed by atoms with Crippen LogP contribution in [0, 0.1) is 0 Å². The summed E-state index contributed by atoms with van der Waals surface area (Å²) in [7, 11) is -2.84. The minimum absolute atomic E-state index is 0.859. The first-order valence-electron chi connectivity index (χ1n) is 6.61. The molecular formula is C12H30O2Si2. The van der Waals surface area contributed by atoms with E-state index in [9.17, 15) is 0 Å². The summed E-state index contributed by atoms with van der Waals surface area (Å²) < 4.78 is 12.0. The lowest BCUT2D eigenvalue weighted by Gasteiger charge is -2.29. The highest BCUT2D eigenvalue weighted by molar-refractivity contribution is 6.78. The lowest BCUT2D eigenvalue weighted by atomic mass is 10.5. The molecule has 0 atom stereocenters. The quantitative estimate of drug-likeness (QED) is 0.578. The molecule has 0 saturated carbocycles. The Morgan fingerprint density at radius 2 is 1.19 bits per heavy atom. The molecule has 0 spiro atoms. The maximum atomic E-state index is 6.02. The molecule has 0 N–H and O–H groups in total. The van der Waals surface area contributed by atoms with Crippen molar-refractivity contribution in [3.63, 3.8) is 0 Å². The van der Waals surface area contributed by atoms with Crippen molar-refractivity contribution in [2.75, 3.05) is 13.2 Å². The molecule has 0 fully saturated rings. The van der Waals surface area contributed by atoms with Gasteiger partial charge in [-0.3, -0.25) is 0 Å². The highest BCUT2D eigenvalue weighted by Crippen LogP contribution is 2.22. The number of hydrogen-bond acceptors (Lipinski definition) is 2. The molecule has 16 heavy (non-hydrogen) atoms. The summed E-state index contributed by atoms with van der Waals surface area (Å²) in [5, 5.41) is 0. The molecule has 0 aliphatic rings. The monoisotopic (exact) mass is 262 g/mol. The van der Waals surface area contributed by atoms with E-state index in [-0.39, 0.29) is 0 Å². The van der Waals surface area contributed by atoms with Crippen LogP contribution in [0.5, 0.6) is 0 Å². The SMILES string of the molecule is CCCO[Si](C)(CC[Si](C)(C)C)OCCC. The fraction of sp³-hybridized carbons (Fsp3) is 1.00. The molecule has 0 bridgehead atoms. The van der Waals surface area contributed by atoms with Gasteiger partial charge >= 0.3 is 8.56 Å². The van der Waals surface area contributed by atoms with Gasteiger partial charge in [0.05, 0.1) is 0 Å². The fourth-order valence-electron chi connectivity index (χ4n) is 1.42. The largest absolute Gasteiger partial charge is 0.394 e. The molecule has 0 aliphatic heterocycles. The first-order valence-corrected chi connectivity index (χ1v) is 12.8. The summed E-state index contributed by atoms with van der Waals surface area (Å²) in [6.45, 7) is 15.5. The predicted octanol–water partition coefficient (Wildman–Crippen LogP) is 4.25. The standard InChI is InChI=1S/C12H30O2Si2/c1-7-9-13-16(6,14-10-8-2)12-11-15(3,4)5/h7-12H2,1-6H3. The third-order valence-corrected chi connectivity index (χ3v) is 7.59. The van der Waals surface area contributed by atoms with Gasteiger partial charge in [0.15, 0.2) is 0 Å². The van der Waals surface area contributed by atoms with Crippen molar-refractivity contribution in [1.82, 2.24) is 0 Å². The second kappa shape index (κ2) is 7.64. The second-order valence-corrected chi connectivity index (χ2v) is 14.9. The van der Waals surface area contributed by atoms with Crippen molar-refractivity contribution >= 4 is 16.6 Å². The molecule has 98 valence electrons. The van der Waals surface area contributed by atoms with Crippen LogP contribution in [0.3, 0.4) is 0 Å². The van der Waals surface area contributed by atoms with Crippen molar-refractivity contribution in [3.8, 4) is 0 Å². The van der Waals surface area contributed by atoms with Gasteiger partial charge in [-0.2, -0.15) is 0 Å². The summed E-state index contributed by atoms with van der Waals surface area (Å²) in [5.41, 5.74) is 0. The topological polar surface area (TPSA) is 18.5 Å². The summed E-state index contributed by atoms with van der Waals surface area (Å²) in [6, 6.07) is 2.49. The molecule has 2 nitrogen and oxygen atoms in total. The van der Waals surface area contributed by atoms with Gasteiger partial charge in [0.2, 0.25) is 0 Å². The lowest BCUT2D eigenvalue weighted by molar-refractivity contribution is 0.174. The van der Waals surface area contributed by atoms with Gasteiger partial charge in [0.1, 0.15) is 0 Å². The molecule has 0 rings (SSSR count). The molecular weight excluding hydrogens is 232 g/mol. The van der Waals surface area contributed by atoms with Gasteiger partial charge in [-0.05, 0) is 25.4 Å². The molecule has 0 aromatic carbocycles. The summed E-state index contributed by atoms with van der Waals surface area (Å²) in [5.74, 6) is 0. The third kappa shape index (κ3) is 8.50. The Morgan fingerprint density at radius 1 is 0.750 bits per heavy atom. The smallest absolute Gasteiger partial charge is 0.334 e. The van der Waals surface area contributed by atoms with E-state index in [1.54, 1.807) is 0 Å². The zero-order chi connectivity index (χ0) is 12.7. The van der Waals surface area contributed by atoms with E-state index in [0.717, 1.165) is 26.1 Å². The highest BCUT2D eigenvalue weighted by Gasteiger charge is 2.32. The van der Waals surface area contributed by atoms with Crippen molar-refractivity contribution in [2.45, 2.75) is 65.0 Å². The van der Waals surface area contributed by atoms with Crippen LogP contribution in [0.1, 0.15) is 26.7 Å². The van der Waals surface area contributed by atoms with Gasteiger partial charge in [-0.25, -0.2) is 0 Å². The minimum atomic E-state index is -1.87. The summed E-state index contributed by atoms with van der Waals surface area (Å²) >= 11 is 0. The Labute approximate surface area is 104 Å². The zero-order valence-corrected chi connectivity index (χ0v) is 14.1. The summed E-state index contributed by atoms with van der Waals surface area (Å²) in [4.78, 5) is 0. The molecule has 0 unspecified atom stereocenters. The van der Waals surface area contributed by atoms with E-state index in [0.29, 0.717) is 0 Å². The Kier molecular flexibility index (Phi) is 7.80. The Hall–Kier alpha value is 0.354. The average molecular weight is 263 g/mol. The van der Waals surface area contributed by atoms with E-state index in [4.69, 9.17) is 8.85 Å². The molecule has 4 heteroatoms. The van der Waals surface area contributed by atoms with Gasteiger partial charge in [0.25, 0.3) is 0 Å². The average Bonchev–Trinajstić information content (AvgIpc) is 2.20. The van der Waals surface area contributed by atoms with Crippen LogP contribution in [-0.2, 0) is 8.85 Å². The minimum Gasteiger partial charge on any atom is -0.394 e. The van der Waals surface area contributed by atoms with Crippen LogP contribution in [0.15, 0.2) is 0 Å². The molecule has 0 amide bonds. The van der Waals surface area contributed by atoms with E-state index < -0.39 is 16.6 Å². The number of hydrogen-bond donors (Lipinski definition) is 0. The maximum Gasteiger partial charge on any atom is 0.334 e. The first-order chi connectivity index (χ1) is 7.33. The van der Waals surface area contributed by atoms with Gasteiger partial charge in [-0.15, -0.1) is 0 Å². The molecule has 0 saturated heterocycles. The van der Waals surface area contributed by atoms with E-state index in [2.05, 4.69) is 40.0 Å². The normalized spacial score (nSPS) is 13.1. The van der Waals surface area contributed by atoms with Crippen molar-refractivity contribution < 1.29 is 8.85 Å². The van der Waals surface area contributed by atoms with Crippen LogP contribution in [0.25, 0.3) is 0 Å². The Morgan fingerprint density at radius 3 is 1.50 bits per heavy atom. The number of rotatable bonds is 9. The van der Waals surface area contributed by atoms with E-state index >= 15 is 0 Å². The molecule has 0 aromatic heterocycles. The third-order valence-electron chi connectivity index (χ3n) is 2.55. The molecule has 0 heterocycles. The molecule has 0 aromatic rings. The van der Waals surface area contributed by atoms with Crippen molar-refractivity contribution in [2.24, 2.45) is 0 Å². The van der Waals surface area contributed by atoms with Gasteiger partial charge in [-0.1, -0.05) is 39.5 Å². The maximum absolute atomic E-state index is 6.02. The van der Waals surface area contributed by atoms with Crippen LogP contribution in [-0.4, -0.2) is 29.8 Å². The van der Waals surface area contributed by atoms with E-state index in [1.807, 2.05) is 0 Å². The summed E-state index contributed by atoms with van der Waals surface area (Å²) in [6.07, 6.45) is 2.18. The van der Waals surface area contributed by atoms with Gasteiger partial charge in [0, 0.05) is 21.3 Å². The van der Waals surface area contributed by atoms with Crippen LogP contribution < -0.4 is 0 Å². The molecule has 0 radical (unpaired) electrons. The predicted molar refractivity (Wildman–Crippen MR) is 77.1 cm³/mol. The van der Waals surface area contributed by atoms with Crippen molar-refractivity contribution in [3.05, 3.63) is 0 Å². The second-order valence-electron chi connectivity index (χ2n) is 5.89. The van der Waals surface area contributed by atoms with Crippen LogP contribution in [0.4, 0.5) is 0 Å². The fourth-order valence-corrected chi connectivity index (χ4v) is 7.88. The zero-order valence-electron chi connectivity index (χ0n) is 12.1. The van der Waals surface area contributed by atoms with Crippen LogP contribution in [0.2, 0.25) is 38.3 Å². The molecule has 0 aliphatic carbocycles. The van der Waals surface area contributed by atoms with Crippen molar-refractivity contribution in [1.29, 1.82) is 0 Å². The highest BCUT2D eigenvalue weighted by atomic mass is 28.4. The van der Waals surface area contributed by atoms with Crippen LogP contribution >= 0.6 is 0 Å². The Bertz CT molecular complexity index is 170. The lowest BCUT2D eigenvalue weighted by Crippen LogP contribution is -2.41. The first kappa shape index (κ1) is 16.4.